The summed E-state index contributed by atoms with van der Waals surface area (Å²) >= 11 is 0. The molecule has 0 saturated heterocycles. The highest BCUT2D eigenvalue weighted by molar-refractivity contribution is 5.84. The van der Waals surface area contributed by atoms with Gasteiger partial charge in [-0.3, -0.25) is 4.79 Å². The monoisotopic (exact) mass is 296 g/mol. The van der Waals surface area contributed by atoms with Gasteiger partial charge in [0.2, 0.25) is 5.91 Å². The molecule has 0 bridgehead atoms. The molecular formula is C19H24N2O. The van der Waals surface area contributed by atoms with Crippen LogP contribution >= 0.6 is 0 Å². The standard InChI is InChI=1S/C19H24N2O/c1-14(19(3,21)17(20)22)18(2,15-10-6-4-7-11-15)16-12-8-5-9-13-16/h4-14H,21H2,1-3H3,(H2,20,22). The molecule has 2 aromatic carbocycles. The zero-order chi connectivity index (χ0) is 16.4. The van der Waals surface area contributed by atoms with Gasteiger partial charge in [0.1, 0.15) is 0 Å². The van der Waals surface area contributed by atoms with E-state index < -0.39 is 16.9 Å². The van der Waals surface area contributed by atoms with Crippen molar-refractivity contribution in [1.29, 1.82) is 0 Å². The van der Waals surface area contributed by atoms with E-state index >= 15 is 0 Å². The summed E-state index contributed by atoms with van der Waals surface area (Å²) in [5.74, 6) is -0.666. The summed E-state index contributed by atoms with van der Waals surface area (Å²) in [6, 6.07) is 20.2. The van der Waals surface area contributed by atoms with Crippen LogP contribution in [-0.4, -0.2) is 11.4 Å². The summed E-state index contributed by atoms with van der Waals surface area (Å²) in [7, 11) is 0. The van der Waals surface area contributed by atoms with Gasteiger partial charge < -0.3 is 11.5 Å². The summed E-state index contributed by atoms with van der Waals surface area (Å²) in [6.07, 6.45) is 0. The molecule has 0 spiro atoms. The Morgan fingerprint density at radius 3 is 1.59 bits per heavy atom. The van der Waals surface area contributed by atoms with Crippen molar-refractivity contribution in [2.45, 2.75) is 31.7 Å². The van der Waals surface area contributed by atoms with Crippen molar-refractivity contribution in [2.75, 3.05) is 0 Å². The highest BCUT2D eigenvalue weighted by Crippen LogP contribution is 2.42. The lowest BCUT2D eigenvalue weighted by Gasteiger charge is -2.43. The van der Waals surface area contributed by atoms with Crippen LogP contribution in [0.1, 0.15) is 31.9 Å². The lowest BCUT2D eigenvalue weighted by molar-refractivity contribution is -0.124. The molecule has 0 radical (unpaired) electrons. The maximum Gasteiger partial charge on any atom is 0.237 e. The van der Waals surface area contributed by atoms with Crippen LogP contribution in [0.25, 0.3) is 0 Å². The number of carbonyl (C=O) groups is 1. The Balaban J connectivity index is 2.64. The first-order chi connectivity index (χ1) is 10.3. The second-order valence-corrected chi connectivity index (χ2v) is 6.30. The Morgan fingerprint density at radius 2 is 1.27 bits per heavy atom. The zero-order valence-corrected chi connectivity index (χ0v) is 13.4. The molecule has 3 nitrogen and oxygen atoms in total. The van der Waals surface area contributed by atoms with E-state index in [1.807, 2.05) is 43.3 Å². The Kier molecular flexibility index (Phi) is 4.38. The molecule has 0 aliphatic carbocycles. The van der Waals surface area contributed by atoms with Gasteiger partial charge in [-0.15, -0.1) is 0 Å². The molecule has 0 aliphatic rings. The second-order valence-electron chi connectivity index (χ2n) is 6.30. The molecule has 0 aromatic heterocycles. The first-order valence-electron chi connectivity index (χ1n) is 7.51. The number of carbonyl (C=O) groups excluding carboxylic acids is 1. The number of benzene rings is 2. The van der Waals surface area contributed by atoms with Crippen LogP contribution in [-0.2, 0) is 10.2 Å². The Hall–Kier alpha value is -2.13. The molecule has 4 N–H and O–H groups in total. The van der Waals surface area contributed by atoms with Gasteiger partial charge in [0.15, 0.2) is 0 Å². The molecule has 0 fully saturated rings. The average Bonchev–Trinajstić information content (AvgIpc) is 2.54. The van der Waals surface area contributed by atoms with Crippen LogP contribution in [0, 0.1) is 5.92 Å². The fourth-order valence-corrected chi connectivity index (χ4v) is 3.05. The molecule has 116 valence electrons. The van der Waals surface area contributed by atoms with Crippen LogP contribution in [0.4, 0.5) is 0 Å². The van der Waals surface area contributed by atoms with Gasteiger partial charge in [-0.05, 0) is 24.0 Å². The van der Waals surface area contributed by atoms with E-state index in [1.54, 1.807) is 6.92 Å². The third-order valence-corrected chi connectivity index (χ3v) is 5.04. The molecule has 3 heteroatoms. The summed E-state index contributed by atoms with van der Waals surface area (Å²) in [6.45, 7) is 5.82. The summed E-state index contributed by atoms with van der Waals surface area (Å²) in [5.41, 5.74) is 12.6. The van der Waals surface area contributed by atoms with E-state index in [0.29, 0.717) is 0 Å². The third-order valence-electron chi connectivity index (χ3n) is 5.04. The normalized spacial score (nSPS) is 15.8. The summed E-state index contributed by atoms with van der Waals surface area (Å²) in [5, 5.41) is 0. The number of rotatable bonds is 5. The van der Waals surface area contributed by atoms with Crippen molar-refractivity contribution in [3.8, 4) is 0 Å². The molecule has 22 heavy (non-hydrogen) atoms. The zero-order valence-electron chi connectivity index (χ0n) is 13.4. The van der Waals surface area contributed by atoms with Gasteiger partial charge in [-0.2, -0.15) is 0 Å². The van der Waals surface area contributed by atoms with Crippen molar-refractivity contribution >= 4 is 5.91 Å². The van der Waals surface area contributed by atoms with Crippen LogP contribution < -0.4 is 11.5 Å². The highest BCUT2D eigenvalue weighted by atomic mass is 16.1. The van der Waals surface area contributed by atoms with Gasteiger partial charge in [-0.25, -0.2) is 0 Å². The Bertz CT molecular complexity index is 595. The SMILES string of the molecule is CC(C(C)(N)C(N)=O)C(C)(c1ccccc1)c1ccccc1. The van der Waals surface area contributed by atoms with Crippen LogP contribution in [0.15, 0.2) is 60.7 Å². The van der Waals surface area contributed by atoms with Crippen LogP contribution in [0.5, 0.6) is 0 Å². The minimum atomic E-state index is -1.11. The summed E-state index contributed by atoms with van der Waals surface area (Å²) < 4.78 is 0. The van der Waals surface area contributed by atoms with E-state index in [-0.39, 0.29) is 5.92 Å². The highest BCUT2D eigenvalue weighted by Gasteiger charge is 2.46. The predicted molar refractivity (Wildman–Crippen MR) is 90.3 cm³/mol. The van der Waals surface area contributed by atoms with Gasteiger partial charge in [0, 0.05) is 5.41 Å². The largest absolute Gasteiger partial charge is 0.368 e. The smallest absolute Gasteiger partial charge is 0.237 e. The molecule has 1 amide bonds. The summed E-state index contributed by atoms with van der Waals surface area (Å²) in [4.78, 5) is 11.9. The van der Waals surface area contributed by atoms with Crippen molar-refractivity contribution in [2.24, 2.45) is 17.4 Å². The average molecular weight is 296 g/mol. The maximum atomic E-state index is 11.9. The number of nitrogens with two attached hydrogens (primary N) is 2. The number of hydrogen-bond acceptors (Lipinski definition) is 2. The third kappa shape index (κ3) is 2.64. The van der Waals surface area contributed by atoms with Crippen molar-refractivity contribution in [3.05, 3.63) is 71.8 Å². The first-order valence-corrected chi connectivity index (χ1v) is 7.51. The quantitative estimate of drug-likeness (QED) is 0.890. The lowest BCUT2D eigenvalue weighted by Crippen LogP contribution is -2.59. The minimum absolute atomic E-state index is 0.178. The van der Waals surface area contributed by atoms with Gasteiger partial charge >= 0.3 is 0 Å². The predicted octanol–water partition coefficient (Wildman–Crippen LogP) is 2.83. The molecule has 0 heterocycles. The van der Waals surface area contributed by atoms with Gasteiger partial charge in [-0.1, -0.05) is 74.5 Å². The Labute approximate surface area is 132 Å². The van der Waals surface area contributed by atoms with E-state index in [2.05, 4.69) is 31.2 Å². The second kappa shape index (κ2) is 5.93. The molecule has 0 aliphatic heterocycles. The fourth-order valence-electron chi connectivity index (χ4n) is 3.05. The van der Waals surface area contributed by atoms with E-state index in [9.17, 15) is 4.79 Å². The fraction of sp³-hybridized carbons (Fsp3) is 0.316. The maximum absolute atomic E-state index is 11.9. The molecular weight excluding hydrogens is 272 g/mol. The van der Waals surface area contributed by atoms with E-state index in [1.165, 1.54) is 0 Å². The van der Waals surface area contributed by atoms with Crippen molar-refractivity contribution in [3.63, 3.8) is 0 Å². The molecule has 2 aromatic rings. The van der Waals surface area contributed by atoms with E-state index in [0.717, 1.165) is 11.1 Å². The lowest BCUT2D eigenvalue weighted by atomic mass is 9.61. The number of hydrogen-bond donors (Lipinski definition) is 2. The van der Waals surface area contributed by atoms with Crippen molar-refractivity contribution in [1.82, 2.24) is 0 Å². The van der Waals surface area contributed by atoms with E-state index in [4.69, 9.17) is 11.5 Å². The molecule has 0 saturated carbocycles. The van der Waals surface area contributed by atoms with Gasteiger partial charge in [0.05, 0.1) is 5.54 Å². The minimum Gasteiger partial charge on any atom is -0.368 e. The molecule has 2 rings (SSSR count). The number of amides is 1. The van der Waals surface area contributed by atoms with Crippen LogP contribution in [0.3, 0.4) is 0 Å². The Morgan fingerprint density at radius 1 is 0.909 bits per heavy atom. The first kappa shape index (κ1) is 16.2. The molecule has 2 atom stereocenters. The molecule has 2 unspecified atom stereocenters. The topological polar surface area (TPSA) is 69.1 Å². The van der Waals surface area contributed by atoms with Crippen molar-refractivity contribution < 1.29 is 4.79 Å². The van der Waals surface area contributed by atoms with Gasteiger partial charge in [0.25, 0.3) is 0 Å². The number of primary amides is 1. The van der Waals surface area contributed by atoms with Crippen LogP contribution in [0.2, 0.25) is 0 Å².